The van der Waals surface area contributed by atoms with E-state index < -0.39 is 0 Å². The van der Waals surface area contributed by atoms with Gasteiger partial charge < -0.3 is 14.5 Å². The van der Waals surface area contributed by atoms with Crippen LogP contribution >= 0.6 is 22.7 Å². The summed E-state index contributed by atoms with van der Waals surface area (Å²) in [6.07, 6.45) is 9.10. The highest BCUT2D eigenvalue weighted by molar-refractivity contribution is 7.17. The van der Waals surface area contributed by atoms with Crippen LogP contribution < -0.4 is 10.2 Å². The molecule has 1 unspecified atom stereocenters. The molecule has 176 valence electrons. The Morgan fingerprint density at radius 3 is 3.03 bits per heavy atom. The van der Waals surface area contributed by atoms with Crippen molar-refractivity contribution in [1.29, 1.82) is 0 Å². The van der Waals surface area contributed by atoms with Gasteiger partial charge in [0, 0.05) is 37.1 Å². The van der Waals surface area contributed by atoms with E-state index in [1.807, 2.05) is 41.2 Å². The van der Waals surface area contributed by atoms with Gasteiger partial charge in [0.15, 0.2) is 5.13 Å². The number of carbonyl (C=O) groups is 2. The largest absolute Gasteiger partial charge is 0.376 e. The predicted octanol–water partition coefficient (Wildman–Crippen LogP) is 3.24. The Morgan fingerprint density at radius 1 is 1.32 bits per heavy atom. The first-order valence-corrected chi connectivity index (χ1v) is 12.7. The summed E-state index contributed by atoms with van der Waals surface area (Å²) in [7, 11) is 0. The van der Waals surface area contributed by atoms with E-state index in [4.69, 9.17) is 4.74 Å². The molecule has 0 bridgehead atoms. The first kappa shape index (κ1) is 22.6. The van der Waals surface area contributed by atoms with Gasteiger partial charge in [-0.15, -0.1) is 11.3 Å². The normalized spacial score (nSPS) is 15.6. The summed E-state index contributed by atoms with van der Waals surface area (Å²) in [5, 5.41) is 6.25. The van der Waals surface area contributed by atoms with Gasteiger partial charge >= 0.3 is 0 Å². The third kappa shape index (κ3) is 5.16. The molecule has 0 spiro atoms. The summed E-state index contributed by atoms with van der Waals surface area (Å²) in [5.41, 5.74) is 2.55. The van der Waals surface area contributed by atoms with Crippen molar-refractivity contribution in [3.05, 3.63) is 63.4 Å². The fourth-order valence-corrected chi connectivity index (χ4v) is 5.32. The Morgan fingerprint density at radius 2 is 2.24 bits per heavy atom. The topological polar surface area (TPSA) is 102 Å². The minimum absolute atomic E-state index is 0.0274. The van der Waals surface area contributed by atoms with Crippen molar-refractivity contribution >= 4 is 45.3 Å². The van der Waals surface area contributed by atoms with E-state index in [2.05, 4.69) is 20.3 Å². The smallest absolute Gasteiger partial charge is 0.263 e. The quantitative estimate of drug-likeness (QED) is 0.402. The van der Waals surface area contributed by atoms with Crippen molar-refractivity contribution in [2.75, 3.05) is 18.1 Å². The van der Waals surface area contributed by atoms with Crippen LogP contribution in [0.3, 0.4) is 0 Å². The SMILES string of the molecule is Cc1nc(CC(=O)N(CC2CCCO2)c2ncc(C(=O)NCc3ccc4nccn4c3)s2)cs1. The van der Waals surface area contributed by atoms with Crippen LogP contribution in [0.1, 0.15) is 38.8 Å². The second-order valence-electron chi connectivity index (χ2n) is 8.09. The van der Waals surface area contributed by atoms with Crippen LogP contribution in [0.5, 0.6) is 0 Å². The van der Waals surface area contributed by atoms with Gasteiger partial charge in [0.05, 0.1) is 36.0 Å². The Hall–Kier alpha value is -3.15. The highest BCUT2D eigenvalue weighted by Crippen LogP contribution is 2.26. The maximum Gasteiger partial charge on any atom is 0.263 e. The van der Waals surface area contributed by atoms with E-state index in [9.17, 15) is 9.59 Å². The number of aromatic nitrogens is 4. The molecule has 4 aromatic rings. The van der Waals surface area contributed by atoms with Crippen LogP contribution in [0.2, 0.25) is 0 Å². The van der Waals surface area contributed by atoms with Gasteiger partial charge in [0.2, 0.25) is 5.91 Å². The fraction of sp³-hybridized carbons (Fsp3) is 0.348. The Kier molecular flexibility index (Phi) is 6.66. The number of ether oxygens (including phenoxy) is 1. The second-order valence-corrected chi connectivity index (χ2v) is 10.2. The number of nitrogens with one attached hydrogen (secondary N) is 1. The number of imidazole rings is 1. The highest BCUT2D eigenvalue weighted by atomic mass is 32.1. The molecule has 1 aliphatic rings. The first-order valence-electron chi connectivity index (χ1n) is 11.0. The summed E-state index contributed by atoms with van der Waals surface area (Å²) in [5.74, 6) is -0.329. The van der Waals surface area contributed by atoms with Crippen LogP contribution in [0.25, 0.3) is 5.65 Å². The number of aryl methyl sites for hydroxylation is 1. The number of amides is 2. The summed E-state index contributed by atoms with van der Waals surface area (Å²) in [4.78, 5) is 41.1. The lowest BCUT2D eigenvalue weighted by Gasteiger charge is -2.22. The van der Waals surface area contributed by atoms with Gasteiger partial charge in [-0.2, -0.15) is 0 Å². The van der Waals surface area contributed by atoms with Gasteiger partial charge in [-0.3, -0.25) is 14.5 Å². The third-order valence-corrected chi connectivity index (χ3v) is 7.40. The summed E-state index contributed by atoms with van der Waals surface area (Å²) in [6.45, 7) is 3.42. The Balaban J connectivity index is 1.27. The number of pyridine rings is 1. The van der Waals surface area contributed by atoms with Crippen LogP contribution in [-0.4, -0.2) is 50.4 Å². The zero-order chi connectivity index (χ0) is 23.5. The number of anilines is 1. The number of fused-ring (bicyclic) bond motifs is 1. The summed E-state index contributed by atoms with van der Waals surface area (Å²) >= 11 is 2.73. The number of carbonyl (C=O) groups excluding carboxylic acids is 2. The average Bonchev–Trinajstić information content (AvgIpc) is 3.63. The van der Waals surface area contributed by atoms with Gasteiger partial charge in [-0.25, -0.2) is 15.0 Å². The minimum Gasteiger partial charge on any atom is -0.376 e. The second kappa shape index (κ2) is 10.00. The van der Waals surface area contributed by atoms with Crippen LogP contribution in [0.15, 0.2) is 42.3 Å². The molecule has 1 saturated heterocycles. The lowest BCUT2D eigenvalue weighted by atomic mass is 10.2. The molecule has 9 nitrogen and oxygen atoms in total. The van der Waals surface area contributed by atoms with Crippen molar-refractivity contribution < 1.29 is 14.3 Å². The highest BCUT2D eigenvalue weighted by Gasteiger charge is 2.27. The molecule has 11 heteroatoms. The van der Waals surface area contributed by atoms with E-state index in [1.54, 1.807) is 11.1 Å². The standard InChI is InChI=1S/C23H24N6O3S2/c1-15-27-17(14-33-15)9-21(30)29(13-18-3-2-8-32-18)23-26-11-19(34-23)22(31)25-10-16-4-5-20-24-6-7-28(20)12-16/h4-7,11-12,14,18H,2-3,8-10,13H2,1H3,(H,25,31). The fourth-order valence-electron chi connectivity index (χ4n) is 3.85. The van der Waals surface area contributed by atoms with Gasteiger partial charge in [-0.1, -0.05) is 17.4 Å². The molecule has 1 atom stereocenters. The number of hydrogen-bond acceptors (Lipinski definition) is 8. The number of thiazole rings is 2. The van der Waals surface area contributed by atoms with E-state index in [1.165, 1.54) is 28.9 Å². The van der Waals surface area contributed by atoms with Crippen molar-refractivity contribution in [1.82, 2.24) is 24.7 Å². The third-order valence-electron chi connectivity index (χ3n) is 5.56. The van der Waals surface area contributed by atoms with E-state index >= 15 is 0 Å². The molecular weight excluding hydrogens is 472 g/mol. The molecule has 0 radical (unpaired) electrons. The Bertz CT molecular complexity index is 1310. The molecule has 5 heterocycles. The van der Waals surface area contributed by atoms with Crippen LogP contribution in [-0.2, 0) is 22.5 Å². The lowest BCUT2D eigenvalue weighted by Crippen LogP contribution is -2.38. The molecule has 0 aromatic carbocycles. The molecule has 2 amide bonds. The summed E-state index contributed by atoms with van der Waals surface area (Å²) in [6, 6.07) is 3.84. The number of hydrogen-bond donors (Lipinski definition) is 1. The van der Waals surface area contributed by atoms with Gasteiger partial charge in [0.25, 0.3) is 5.91 Å². The maximum absolute atomic E-state index is 13.2. The minimum atomic E-state index is -0.228. The monoisotopic (exact) mass is 496 g/mol. The number of nitrogens with zero attached hydrogens (tertiary/aromatic N) is 5. The molecule has 4 aromatic heterocycles. The van der Waals surface area contributed by atoms with Crippen molar-refractivity contribution in [3.63, 3.8) is 0 Å². The zero-order valence-corrected chi connectivity index (χ0v) is 20.3. The number of rotatable bonds is 8. The maximum atomic E-state index is 13.2. The van der Waals surface area contributed by atoms with E-state index in [0.29, 0.717) is 29.7 Å². The molecule has 0 aliphatic carbocycles. The first-order chi connectivity index (χ1) is 16.5. The molecule has 1 fully saturated rings. The van der Waals surface area contributed by atoms with E-state index in [-0.39, 0.29) is 24.3 Å². The Labute approximate surface area is 204 Å². The van der Waals surface area contributed by atoms with Gasteiger partial charge in [-0.05, 0) is 31.4 Å². The van der Waals surface area contributed by atoms with Gasteiger partial charge in [0.1, 0.15) is 10.5 Å². The molecule has 1 aliphatic heterocycles. The average molecular weight is 497 g/mol. The van der Waals surface area contributed by atoms with Crippen LogP contribution in [0, 0.1) is 6.92 Å². The van der Waals surface area contributed by atoms with Crippen LogP contribution in [0.4, 0.5) is 5.13 Å². The molecule has 5 rings (SSSR count). The van der Waals surface area contributed by atoms with E-state index in [0.717, 1.165) is 34.8 Å². The van der Waals surface area contributed by atoms with Crippen molar-refractivity contribution in [3.8, 4) is 0 Å². The molecule has 0 saturated carbocycles. The predicted molar refractivity (Wildman–Crippen MR) is 130 cm³/mol. The van der Waals surface area contributed by atoms with Crippen molar-refractivity contribution in [2.24, 2.45) is 0 Å². The molecular formula is C23H24N6O3S2. The molecule has 1 N–H and O–H groups in total. The van der Waals surface area contributed by atoms with Crippen molar-refractivity contribution in [2.45, 2.75) is 38.8 Å². The summed E-state index contributed by atoms with van der Waals surface area (Å²) < 4.78 is 7.67. The zero-order valence-electron chi connectivity index (χ0n) is 18.6. The molecule has 34 heavy (non-hydrogen) atoms. The lowest BCUT2D eigenvalue weighted by molar-refractivity contribution is -0.118.